The third-order valence-corrected chi connectivity index (χ3v) is 5.31. The van der Waals surface area contributed by atoms with Gasteiger partial charge in [0.1, 0.15) is 0 Å². The molecule has 1 heterocycles. The number of unbranched alkanes of at least 4 members (excludes halogenated alkanes) is 3. The Labute approximate surface area is 111 Å². The Balaban J connectivity index is 1.69. The molecule has 102 valence electrons. The standard InChI is InChI=1S/C16H26O2/c1-2-3-4-6-9-15-10-7-5-8-14(15)13-16(15)17-11-12-18-16/h5,8,14H,2-4,6-7,9-13H2,1H3. The monoisotopic (exact) mass is 250 g/mol. The van der Waals surface area contributed by atoms with E-state index in [0.717, 1.165) is 19.6 Å². The van der Waals surface area contributed by atoms with Crippen LogP contribution in [0.4, 0.5) is 0 Å². The second-order valence-corrected chi connectivity index (χ2v) is 6.19. The minimum absolute atomic E-state index is 0.200. The molecular formula is C16H26O2. The van der Waals surface area contributed by atoms with E-state index in [9.17, 15) is 0 Å². The van der Waals surface area contributed by atoms with Crippen LogP contribution < -0.4 is 0 Å². The molecule has 2 atom stereocenters. The van der Waals surface area contributed by atoms with E-state index >= 15 is 0 Å². The van der Waals surface area contributed by atoms with Crippen molar-refractivity contribution in [3.63, 3.8) is 0 Å². The summed E-state index contributed by atoms with van der Waals surface area (Å²) in [5, 5.41) is 0. The van der Waals surface area contributed by atoms with Gasteiger partial charge in [0, 0.05) is 11.8 Å². The van der Waals surface area contributed by atoms with Crippen LogP contribution in [0.15, 0.2) is 12.2 Å². The molecule has 1 spiro atoms. The fourth-order valence-corrected chi connectivity index (χ4v) is 4.30. The summed E-state index contributed by atoms with van der Waals surface area (Å²) in [5.41, 5.74) is 0.311. The highest BCUT2D eigenvalue weighted by Crippen LogP contribution is 2.65. The summed E-state index contributed by atoms with van der Waals surface area (Å²) in [7, 11) is 0. The van der Waals surface area contributed by atoms with Crippen molar-refractivity contribution in [3.05, 3.63) is 12.2 Å². The zero-order valence-electron chi connectivity index (χ0n) is 11.6. The Morgan fingerprint density at radius 3 is 2.72 bits per heavy atom. The second-order valence-electron chi connectivity index (χ2n) is 6.19. The molecule has 3 rings (SSSR count). The predicted molar refractivity (Wildman–Crippen MR) is 72.3 cm³/mol. The first kappa shape index (κ1) is 12.7. The van der Waals surface area contributed by atoms with Crippen LogP contribution in [-0.2, 0) is 9.47 Å². The van der Waals surface area contributed by atoms with Crippen LogP contribution in [0, 0.1) is 11.3 Å². The van der Waals surface area contributed by atoms with Gasteiger partial charge in [-0.3, -0.25) is 0 Å². The zero-order valence-corrected chi connectivity index (χ0v) is 11.6. The Bertz CT molecular complexity index is 317. The maximum absolute atomic E-state index is 6.05. The molecule has 0 bridgehead atoms. The van der Waals surface area contributed by atoms with Gasteiger partial charge in [0.05, 0.1) is 13.2 Å². The van der Waals surface area contributed by atoms with Crippen molar-refractivity contribution in [1.82, 2.24) is 0 Å². The highest BCUT2D eigenvalue weighted by molar-refractivity contribution is 5.19. The van der Waals surface area contributed by atoms with E-state index in [0.29, 0.717) is 11.3 Å². The van der Waals surface area contributed by atoms with Gasteiger partial charge in [-0.15, -0.1) is 0 Å². The van der Waals surface area contributed by atoms with E-state index in [2.05, 4.69) is 19.1 Å². The molecule has 0 aromatic carbocycles. The van der Waals surface area contributed by atoms with Gasteiger partial charge in [0.25, 0.3) is 0 Å². The predicted octanol–water partition coefficient (Wildman–Crippen LogP) is 4.06. The molecule has 3 aliphatic rings. The van der Waals surface area contributed by atoms with E-state index in [1.807, 2.05) is 0 Å². The molecule has 0 aromatic heterocycles. The largest absolute Gasteiger partial charge is 0.347 e. The summed E-state index contributed by atoms with van der Waals surface area (Å²) >= 11 is 0. The molecule has 2 aliphatic carbocycles. The van der Waals surface area contributed by atoms with E-state index in [4.69, 9.17) is 9.47 Å². The summed E-state index contributed by atoms with van der Waals surface area (Å²) in [4.78, 5) is 0. The highest BCUT2D eigenvalue weighted by Gasteiger charge is 2.67. The lowest BCUT2D eigenvalue weighted by atomic mass is 9.49. The van der Waals surface area contributed by atoms with Gasteiger partial charge in [0.15, 0.2) is 5.79 Å². The second kappa shape index (κ2) is 4.97. The average molecular weight is 250 g/mol. The number of allylic oxidation sites excluding steroid dienone is 2. The molecule has 1 saturated carbocycles. The molecule has 2 nitrogen and oxygen atoms in total. The Kier molecular flexibility index (Phi) is 3.50. The van der Waals surface area contributed by atoms with Crippen LogP contribution in [0.5, 0.6) is 0 Å². The molecule has 0 amide bonds. The molecule has 2 heteroatoms. The normalized spacial score (nSPS) is 36.6. The zero-order chi connectivity index (χ0) is 12.5. The van der Waals surface area contributed by atoms with E-state index in [1.54, 1.807) is 0 Å². The minimum atomic E-state index is -0.200. The van der Waals surface area contributed by atoms with E-state index in [-0.39, 0.29) is 5.79 Å². The third-order valence-electron chi connectivity index (χ3n) is 5.31. The maximum Gasteiger partial charge on any atom is 0.175 e. The van der Waals surface area contributed by atoms with Crippen LogP contribution in [0.2, 0.25) is 0 Å². The van der Waals surface area contributed by atoms with Crippen molar-refractivity contribution in [2.24, 2.45) is 11.3 Å². The molecule has 2 fully saturated rings. The van der Waals surface area contributed by atoms with Crippen molar-refractivity contribution in [2.45, 2.75) is 64.1 Å². The van der Waals surface area contributed by atoms with E-state index in [1.165, 1.54) is 44.9 Å². The van der Waals surface area contributed by atoms with Crippen molar-refractivity contribution in [1.29, 1.82) is 0 Å². The Hall–Kier alpha value is -0.340. The van der Waals surface area contributed by atoms with Crippen LogP contribution in [0.3, 0.4) is 0 Å². The van der Waals surface area contributed by atoms with Crippen LogP contribution in [0.25, 0.3) is 0 Å². The molecule has 1 aliphatic heterocycles. The summed E-state index contributed by atoms with van der Waals surface area (Å²) in [5.74, 6) is 0.514. The van der Waals surface area contributed by atoms with Crippen LogP contribution in [0.1, 0.15) is 58.3 Å². The Morgan fingerprint density at radius 2 is 2.00 bits per heavy atom. The molecule has 18 heavy (non-hydrogen) atoms. The SMILES string of the molecule is CCCCCCC12CCC=CC1CC21OCCO1. The van der Waals surface area contributed by atoms with Gasteiger partial charge in [-0.25, -0.2) is 0 Å². The van der Waals surface area contributed by atoms with Crippen LogP contribution >= 0.6 is 0 Å². The fourth-order valence-electron chi connectivity index (χ4n) is 4.30. The third kappa shape index (κ3) is 1.77. The molecule has 2 unspecified atom stereocenters. The topological polar surface area (TPSA) is 18.5 Å². The summed E-state index contributed by atoms with van der Waals surface area (Å²) in [6.07, 6.45) is 15.0. The first-order valence-electron chi connectivity index (χ1n) is 7.78. The van der Waals surface area contributed by atoms with Gasteiger partial charge >= 0.3 is 0 Å². The summed E-state index contributed by atoms with van der Waals surface area (Å²) < 4.78 is 12.1. The lowest BCUT2D eigenvalue weighted by Gasteiger charge is -2.62. The number of fused-ring (bicyclic) bond motifs is 2. The number of ether oxygens (including phenoxy) is 2. The average Bonchev–Trinajstić information content (AvgIpc) is 2.87. The molecule has 0 radical (unpaired) electrons. The van der Waals surface area contributed by atoms with Gasteiger partial charge in [0.2, 0.25) is 0 Å². The van der Waals surface area contributed by atoms with Gasteiger partial charge in [-0.1, -0.05) is 44.8 Å². The van der Waals surface area contributed by atoms with Gasteiger partial charge < -0.3 is 9.47 Å². The summed E-state index contributed by atoms with van der Waals surface area (Å²) in [6, 6.07) is 0. The van der Waals surface area contributed by atoms with Crippen molar-refractivity contribution < 1.29 is 9.47 Å². The molecular weight excluding hydrogens is 224 g/mol. The van der Waals surface area contributed by atoms with Crippen molar-refractivity contribution in [3.8, 4) is 0 Å². The van der Waals surface area contributed by atoms with Gasteiger partial charge in [-0.05, 0) is 25.2 Å². The fraction of sp³-hybridized carbons (Fsp3) is 0.875. The van der Waals surface area contributed by atoms with Crippen LogP contribution in [-0.4, -0.2) is 19.0 Å². The Morgan fingerprint density at radius 1 is 1.17 bits per heavy atom. The highest BCUT2D eigenvalue weighted by atomic mass is 16.7. The quantitative estimate of drug-likeness (QED) is 0.541. The number of rotatable bonds is 5. The maximum atomic E-state index is 6.05. The first-order valence-corrected chi connectivity index (χ1v) is 7.78. The number of hydrogen-bond acceptors (Lipinski definition) is 2. The first-order chi connectivity index (χ1) is 8.83. The van der Waals surface area contributed by atoms with Crippen molar-refractivity contribution in [2.75, 3.05) is 13.2 Å². The van der Waals surface area contributed by atoms with Gasteiger partial charge in [-0.2, -0.15) is 0 Å². The molecule has 0 aromatic rings. The lowest BCUT2D eigenvalue weighted by molar-refractivity contribution is -0.325. The molecule has 0 N–H and O–H groups in total. The molecule has 1 saturated heterocycles. The minimum Gasteiger partial charge on any atom is -0.347 e. The van der Waals surface area contributed by atoms with Crippen molar-refractivity contribution >= 4 is 0 Å². The number of hydrogen-bond donors (Lipinski definition) is 0. The van der Waals surface area contributed by atoms with E-state index < -0.39 is 0 Å². The smallest absolute Gasteiger partial charge is 0.175 e. The lowest BCUT2D eigenvalue weighted by Crippen LogP contribution is -2.64. The summed E-state index contributed by atoms with van der Waals surface area (Å²) in [6.45, 7) is 3.87.